The second-order valence-electron chi connectivity index (χ2n) is 6.68. The summed E-state index contributed by atoms with van der Waals surface area (Å²) in [6.45, 7) is 4.88. The topological polar surface area (TPSA) is 55.8 Å². The first-order chi connectivity index (χ1) is 9.95. The van der Waals surface area contributed by atoms with Crippen LogP contribution >= 0.6 is 0 Å². The van der Waals surface area contributed by atoms with E-state index in [-0.39, 0.29) is 37.5 Å². The van der Waals surface area contributed by atoms with E-state index in [9.17, 15) is 23.1 Å². The molecule has 130 valence electrons. The Morgan fingerprint density at radius 3 is 2.23 bits per heavy atom. The largest absolute Gasteiger partial charge is 0.414 e. The highest BCUT2D eigenvalue weighted by Crippen LogP contribution is 2.31. The van der Waals surface area contributed by atoms with Crippen LogP contribution in [0.1, 0.15) is 26.7 Å². The lowest BCUT2D eigenvalue weighted by Gasteiger charge is -2.36. The summed E-state index contributed by atoms with van der Waals surface area (Å²) < 4.78 is 37.4. The van der Waals surface area contributed by atoms with E-state index in [1.165, 1.54) is 4.90 Å². The SMILES string of the molecule is CN(C)C(C)(C)CNC(=O)N1CCC(C(O)C(F)(F)F)CC1. The van der Waals surface area contributed by atoms with Crippen LogP contribution in [-0.2, 0) is 0 Å². The van der Waals surface area contributed by atoms with Crippen LogP contribution in [0, 0.1) is 5.92 Å². The molecule has 1 heterocycles. The van der Waals surface area contributed by atoms with Gasteiger partial charge in [-0.25, -0.2) is 4.79 Å². The highest BCUT2D eigenvalue weighted by molar-refractivity contribution is 5.74. The number of carbonyl (C=O) groups is 1. The van der Waals surface area contributed by atoms with Crippen LogP contribution in [-0.4, -0.2) is 72.5 Å². The first-order valence-corrected chi connectivity index (χ1v) is 7.40. The molecule has 1 atom stereocenters. The molecule has 0 spiro atoms. The van der Waals surface area contributed by atoms with E-state index < -0.39 is 18.2 Å². The van der Waals surface area contributed by atoms with Gasteiger partial charge in [0.2, 0.25) is 0 Å². The number of alkyl halides is 3. The van der Waals surface area contributed by atoms with Crippen molar-refractivity contribution in [1.29, 1.82) is 0 Å². The Morgan fingerprint density at radius 2 is 1.82 bits per heavy atom. The number of likely N-dealkylation sites (tertiary alicyclic amines) is 1. The third-order valence-corrected chi connectivity index (χ3v) is 4.49. The van der Waals surface area contributed by atoms with Crippen LogP contribution in [0.2, 0.25) is 0 Å². The number of urea groups is 1. The fourth-order valence-corrected chi connectivity index (χ4v) is 2.25. The molecular weight excluding hydrogens is 299 g/mol. The molecule has 0 aromatic heterocycles. The van der Waals surface area contributed by atoms with Crippen molar-refractivity contribution >= 4 is 6.03 Å². The van der Waals surface area contributed by atoms with Crippen LogP contribution in [0.15, 0.2) is 0 Å². The van der Waals surface area contributed by atoms with Gasteiger partial charge in [-0.15, -0.1) is 0 Å². The van der Waals surface area contributed by atoms with Crippen LogP contribution in [0.5, 0.6) is 0 Å². The molecule has 5 nitrogen and oxygen atoms in total. The van der Waals surface area contributed by atoms with Gasteiger partial charge in [-0.2, -0.15) is 13.2 Å². The van der Waals surface area contributed by atoms with E-state index in [1.807, 2.05) is 32.8 Å². The first-order valence-electron chi connectivity index (χ1n) is 7.40. The van der Waals surface area contributed by atoms with E-state index in [0.717, 1.165) is 0 Å². The minimum Gasteiger partial charge on any atom is -0.383 e. The van der Waals surface area contributed by atoms with Crippen LogP contribution < -0.4 is 5.32 Å². The number of likely N-dealkylation sites (N-methyl/N-ethyl adjacent to an activating group) is 1. The summed E-state index contributed by atoms with van der Waals surface area (Å²) in [5, 5.41) is 12.1. The Morgan fingerprint density at radius 1 is 1.32 bits per heavy atom. The third-order valence-electron chi connectivity index (χ3n) is 4.49. The summed E-state index contributed by atoms with van der Waals surface area (Å²) in [6.07, 6.45) is -6.58. The van der Waals surface area contributed by atoms with Crippen molar-refractivity contribution in [3.63, 3.8) is 0 Å². The number of amides is 2. The fraction of sp³-hybridized carbons (Fsp3) is 0.929. The van der Waals surface area contributed by atoms with Crippen LogP contribution in [0.4, 0.5) is 18.0 Å². The highest BCUT2D eigenvalue weighted by atomic mass is 19.4. The maximum Gasteiger partial charge on any atom is 0.414 e. The number of hydrogen-bond acceptors (Lipinski definition) is 3. The molecule has 8 heteroatoms. The van der Waals surface area contributed by atoms with E-state index in [2.05, 4.69) is 5.32 Å². The lowest BCUT2D eigenvalue weighted by atomic mass is 9.91. The highest BCUT2D eigenvalue weighted by Gasteiger charge is 2.44. The van der Waals surface area contributed by atoms with Gasteiger partial charge in [-0.05, 0) is 46.7 Å². The Kier molecular flexibility index (Phi) is 6.09. The average molecular weight is 325 g/mol. The van der Waals surface area contributed by atoms with Gasteiger partial charge in [0, 0.05) is 25.2 Å². The summed E-state index contributed by atoms with van der Waals surface area (Å²) in [5.41, 5.74) is -0.208. The number of carbonyl (C=O) groups excluding carboxylic acids is 1. The minimum absolute atomic E-state index is 0.158. The van der Waals surface area contributed by atoms with Crippen molar-refractivity contribution in [1.82, 2.24) is 15.1 Å². The standard InChI is InChI=1S/C14H26F3N3O2/c1-13(2,19(3)4)9-18-12(22)20-7-5-10(6-8-20)11(21)14(15,16)17/h10-11,21H,5-9H2,1-4H3,(H,18,22). The van der Waals surface area contributed by atoms with Gasteiger partial charge >= 0.3 is 12.2 Å². The van der Waals surface area contributed by atoms with Crippen LogP contribution in [0.25, 0.3) is 0 Å². The third kappa shape index (κ3) is 5.01. The Labute approximate surface area is 129 Å². The number of rotatable bonds is 4. The van der Waals surface area contributed by atoms with Crippen molar-refractivity contribution in [2.75, 3.05) is 33.7 Å². The zero-order chi connectivity index (χ0) is 17.1. The lowest BCUT2D eigenvalue weighted by molar-refractivity contribution is -0.222. The molecule has 0 aromatic carbocycles. The molecule has 0 radical (unpaired) electrons. The fourth-order valence-electron chi connectivity index (χ4n) is 2.25. The molecule has 22 heavy (non-hydrogen) atoms. The van der Waals surface area contributed by atoms with Crippen molar-refractivity contribution in [2.24, 2.45) is 5.92 Å². The lowest BCUT2D eigenvalue weighted by Crippen LogP contribution is -2.53. The van der Waals surface area contributed by atoms with Crippen molar-refractivity contribution in [2.45, 2.75) is 44.5 Å². The van der Waals surface area contributed by atoms with E-state index >= 15 is 0 Å². The van der Waals surface area contributed by atoms with Crippen LogP contribution in [0.3, 0.4) is 0 Å². The summed E-state index contributed by atoms with van der Waals surface area (Å²) in [7, 11) is 3.83. The van der Waals surface area contributed by atoms with E-state index in [4.69, 9.17) is 0 Å². The number of hydrogen-bond donors (Lipinski definition) is 2. The number of aliphatic hydroxyl groups excluding tert-OH is 1. The van der Waals surface area contributed by atoms with Gasteiger partial charge in [0.05, 0.1) is 0 Å². The second-order valence-corrected chi connectivity index (χ2v) is 6.68. The number of halogens is 3. The van der Waals surface area contributed by atoms with Gasteiger partial charge in [0.15, 0.2) is 6.10 Å². The number of nitrogens with one attached hydrogen (secondary N) is 1. The average Bonchev–Trinajstić information content (AvgIpc) is 2.43. The van der Waals surface area contributed by atoms with Gasteiger partial charge in [-0.1, -0.05) is 0 Å². The Bertz CT molecular complexity index is 378. The minimum atomic E-state index is -4.59. The number of aliphatic hydroxyl groups is 1. The van der Waals surface area contributed by atoms with Gasteiger partial charge in [0.1, 0.15) is 0 Å². The Balaban J connectivity index is 2.43. The maximum atomic E-state index is 12.5. The van der Waals surface area contributed by atoms with Crippen molar-refractivity contribution in [3.05, 3.63) is 0 Å². The molecule has 1 rings (SSSR count). The van der Waals surface area contributed by atoms with E-state index in [1.54, 1.807) is 0 Å². The van der Waals surface area contributed by atoms with Crippen molar-refractivity contribution in [3.8, 4) is 0 Å². The van der Waals surface area contributed by atoms with E-state index in [0.29, 0.717) is 6.54 Å². The monoisotopic (exact) mass is 325 g/mol. The van der Waals surface area contributed by atoms with Gasteiger partial charge < -0.3 is 20.2 Å². The second kappa shape index (κ2) is 7.04. The predicted molar refractivity (Wildman–Crippen MR) is 77.5 cm³/mol. The molecule has 0 aromatic rings. The Hall–Kier alpha value is -1.02. The van der Waals surface area contributed by atoms with Gasteiger partial charge in [-0.3, -0.25) is 0 Å². The molecule has 2 N–H and O–H groups in total. The molecule has 2 amide bonds. The smallest absolute Gasteiger partial charge is 0.383 e. The number of nitrogens with zero attached hydrogens (tertiary/aromatic N) is 2. The molecule has 1 fully saturated rings. The molecule has 1 saturated heterocycles. The molecule has 0 bridgehead atoms. The summed E-state index contributed by atoms with van der Waals surface area (Å²) >= 11 is 0. The zero-order valence-electron chi connectivity index (χ0n) is 13.6. The molecular formula is C14H26F3N3O2. The molecule has 1 aliphatic heterocycles. The maximum absolute atomic E-state index is 12.5. The van der Waals surface area contributed by atoms with Crippen molar-refractivity contribution < 1.29 is 23.1 Å². The zero-order valence-corrected chi connectivity index (χ0v) is 13.6. The number of piperidine rings is 1. The summed E-state index contributed by atoms with van der Waals surface area (Å²) in [5.74, 6) is -0.831. The predicted octanol–water partition coefficient (Wildman–Crippen LogP) is 1.67. The first kappa shape index (κ1) is 19.0. The summed E-state index contributed by atoms with van der Waals surface area (Å²) in [4.78, 5) is 15.5. The molecule has 1 unspecified atom stereocenters. The normalized spacial score (nSPS) is 19.4. The molecule has 0 saturated carbocycles. The quantitative estimate of drug-likeness (QED) is 0.827. The van der Waals surface area contributed by atoms with Gasteiger partial charge in [0.25, 0.3) is 0 Å². The molecule has 0 aliphatic carbocycles. The molecule has 1 aliphatic rings. The summed E-state index contributed by atoms with van der Waals surface area (Å²) in [6, 6.07) is -0.269.